The van der Waals surface area contributed by atoms with Crippen molar-refractivity contribution in [2.45, 2.75) is 33.1 Å². The zero-order valence-corrected chi connectivity index (χ0v) is 7.85. The van der Waals surface area contributed by atoms with Gasteiger partial charge < -0.3 is 0 Å². The Kier molecular flexibility index (Phi) is 2.13. The molecule has 0 unspecified atom stereocenters. The highest BCUT2D eigenvalue weighted by Crippen LogP contribution is 2.17. The van der Waals surface area contributed by atoms with Crippen LogP contribution in [0, 0.1) is 12.9 Å². The molecule has 66 valence electrons. The molecule has 0 amide bonds. The van der Waals surface area contributed by atoms with E-state index in [1.54, 1.807) is 6.92 Å². The molecule has 12 heavy (non-hydrogen) atoms. The summed E-state index contributed by atoms with van der Waals surface area (Å²) in [5, 5.41) is 0. The van der Waals surface area contributed by atoms with Crippen LogP contribution in [0.2, 0.25) is 0 Å². The van der Waals surface area contributed by atoms with E-state index >= 15 is 0 Å². The van der Waals surface area contributed by atoms with E-state index in [0.717, 1.165) is 0 Å². The summed E-state index contributed by atoms with van der Waals surface area (Å²) < 4.78 is 12.8. The van der Waals surface area contributed by atoms with Gasteiger partial charge in [0.05, 0.1) is 0 Å². The summed E-state index contributed by atoms with van der Waals surface area (Å²) in [7, 11) is 0. The predicted molar refractivity (Wildman–Crippen MR) is 45.4 cm³/mol. The smallest absolute Gasteiger partial charge is 0.216 e. The SMILES string of the molecule is Cc1cc(F)nc(C(C)(C)C)n1. The Bertz CT molecular complexity index is 269. The van der Waals surface area contributed by atoms with E-state index in [1.807, 2.05) is 20.8 Å². The van der Waals surface area contributed by atoms with E-state index in [0.29, 0.717) is 11.5 Å². The average molecular weight is 168 g/mol. The lowest BCUT2D eigenvalue weighted by Gasteiger charge is -2.16. The summed E-state index contributed by atoms with van der Waals surface area (Å²) >= 11 is 0. The number of halogens is 1. The Morgan fingerprint density at radius 3 is 2.25 bits per heavy atom. The lowest BCUT2D eigenvalue weighted by Crippen LogP contribution is -2.17. The molecule has 1 heterocycles. The topological polar surface area (TPSA) is 25.8 Å². The molecular weight excluding hydrogens is 155 g/mol. The molecule has 0 aromatic carbocycles. The van der Waals surface area contributed by atoms with E-state index in [2.05, 4.69) is 9.97 Å². The van der Waals surface area contributed by atoms with Gasteiger partial charge in [0, 0.05) is 17.2 Å². The zero-order chi connectivity index (χ0) is 9.35. The first kappa shape index (κ1) is 9.10. The Morgan fingerprint density at radius 2 is 1.83 bits per heavy atom. The van der Waals surface area contributed by atoms with Gasteiger partial charge in [0.25, 0.3) is 0 Å². The molecule has 0 fully saturated rings. The number of aryl methyl sites for hydroxylation is 1. The van der Waals surface area contributed by atoms with E-state index in [-0.39, 0.29) is 5.41 Å². The van der Waals surface area contributed by atoms with Crippen molar-refractivity contribution in [1.29, 1.82) is 0 Å². The summed E-state index contributed by atoms with van der Waals surface area (Å²) in [6, 6.07) is 1.33. The molecule has 0 atom stereocenters. The van der Waals surface area contributed by atoms with Crippen LogP contribution in [-0.2, 0) is 5.41 Å². The maximum Gasteiger partial charge on any atom is 0.216 e. The number of aromatic nitrogens is 2. The Balaban J connectivity index is 3.18. The minimum atomic E-state index is -0.451. The molecule has 1 aromatic rings. The average Bonchev–Trinajstić information content (AvgIpc) is 1.82. The molecule has 1 aromatic heterocycles. The van der Waals surface area contributed by atoms with E-state index in [9.17, 15) is 4.39 Å². The molecule has 1 rings (SSSR count). The number of hydrogen-bond donors (Lipinski definition) is 0. The van der Waals surface area contributed by atoms with Crippen molar-refractivity contribution in [1.82, 2.24) is 9.97 Å². The van der Waals surface area contributed by atoms with Crippen molar-refractivity contribution in [3.05, 3.63) is 23.5 Å². The van der Waals surface area contributed by atoms with Crippen LogP contribution < -0.4 is 0 Å². The monoisotopic (exact) mass is 168 g/mol. The van der Waals surface area contributed by atoms with E-state index in [4.69, 9.17) is 0 Å². The van der Waals surface area contributed by atoms with Gasteiger partial charge in [-0.25, -0.2) is 9.97 Å². The minimum absolute atomic E-state index is 0.188. The molecule has 0 radical (unpaired) electrons. The van der Waals surface area contributed by atoms with Crippen molar-refractivity contribution in [3.8, 4) is 0 Å². The summed E-state index contributed by atoms with van der Waals surface area (Å²) in [6.07, 6.45) is 0. The van der Waals surface area contributed by atoms with Crippen molar-refractivity contribution in [2.24, 2.45) is 0 Å². The second-order valence-electron chi connectivity index (χ2n) is 3.91. The highest BCUT2D eigenvalue weighted by molar-refractivity contribution is 5.07. The molecule has 0 N–H and O–H groups in total. The van der Waals surface area contributed by atoms with E-state index in [1.165, 1.54) is 6.07 Å². The van der Waals surface area contributed by atoms with Crippen LogP contribution in [0.1, 0.15) is 32.3 Å². The maximum absolute atomic E-state index is 12.8. The van der Waals surface area contributed by atoms with Gasteiger partial charge in [-0.2, -0.15) is 4.39 Å². The first-order chi connectivity index (χ1) is 5.39. The minimum Gasteiger partial charge on any atom is -0.237 e. The van der Waals surface area contributed by atoms with Gasteiger partial charge in [0.15, 0.2) is 0 Å². The van der Waals surface area contributed by atoms with Crippen LogP contribution in [0.15, 0.2) is 6.07 Å². The van der Waals surface area contributed by atoms with Crippen LogP contribution in [0.5, 0.6) is 0 Å². The summed E-state index contributed by atoms with van der Waals surface area (Å²) in [5.41, 5.74) is 0.486. The molecule has 0 aliphatic rings. The molecule has 0 spiro atoms. The van der Waals surface area contributed by atoms with Gasteiger partial charge in [0.2, 0.25) is 5.95 Å². The van der Waals surface area contributed by atoms with Crippen molar-refractivity contribution >= 4 is 0 Å². The molecule has 0 saturated heterocycles. The van der Waals surface area contributed by atoms with Crippen LogP contribution >= 0.6 is 0 Å². The van der Waals surface area contributed by atoms with Gasteiger partial charge in [-0.3, -0.25) is 0 Å². The second kappa shape index (κ2) is 2.81. The third-order valence-electron chi connectivity index (χ3n) is 1.49. The van der Waals surface area contributed by atoms with Crippen molar-refractivity contribution < 1.29 is 4.39 Å². The molecule has 2 nitrogen and oxygen atoms in total. The predicted octanol–water partition coefficient (Wildman–Crippen LogP) is 2.22. The highest BCUT2D eigenvalue weighted by Gasteiger charge is 2.18. The van der Waals surface area contributed by atoms with Crippen molar-refractivity contribution in [2.75, 3.05) is 0 Å². The third-order valence-corrected chi connectivity index (χ3v) is 1.49. The molecular formula is C9H13FN2. The lowest BCUT2D eigenvalue weighted by molar-refractivity contribution is 0.500. The summed E-state index contributed by atoms with van der Waals surface area (Å²) in [6.45, 7) is 7.64. The number of nitrogens with zero attached hydrogens (tertiary/aromatic N) is 2. The molecule has 0 aliphatic carbocycles. The molecule has 0 bridgehead atoms. The zero-order valence-electron chi connectivity index (χ0n) is 7.85. The molecule has 0 aliphatic heterocycles. The fourth-order valence-electron chi connectivity index (χ4n) is 0.866. The largest absolute Gasteiger partial charge is 0.237 e. The van der Waals surface area contributed by atoms with Crippen LogP contribution in [-0.4, -0.2) is 9.97 Å². The Labute approximate surface area is 71.9 Å². The fraction of sp³-hybridized carbons (Fsp3) is 0.556. The van der Waals surface area contributed by atoms with Crippen LogP contribution in [0.4, 0.5) is 4.39 Å². The maximum atomic E-state index is 12.8. The van der Waals surface area contributed by atoms with Crippen LogP contribution in [0.3, 0.4) is 0 Å². The Morgan fingerprint density at radius 1 is 1.25 bits per heavy atom. The highest BCUT2D eigenvalue weighted by atomic mass is 19.1. The standard InChI is InChI=1S/C9H13FN2/c1-6-5-7(10)12-8(11-6)9(2,3)4/h5H,1-4H3. The lowest BCUT2D eigenvalue weighted by atomic mass is 9.96. The quantitative estimate of drug-likeness (QED) is 0.555. The van der Waals surface area contributed by atoms with Gasteiger partial charge >= 0.3 is 0 Å². The first-order valence-corrected chi connectivity index (χ1v) is 3.91. The number of rotatable bonds is 0. The van der Waals surface area contributed by atoms with Crippen LogP contribution in [0.25, 0.3) is 0 Å². The normalized spacial score (nSPS) is 11.8. The Hall–Kier alpha value is -0.990. The summed E-state index contributed by atoms with van der Waals surface area (Å²) in [4.78, 5) is 7.88. The summed E-state index contributed by atoms with van der Waals surface area (Å²) in [5.74, 6) is 0.104. The van der Waals surface area contributed by atoms with Gasteiger partial charge in [-0.05, 0) is 6.92 Å². The van der Waals surface area contributed by atoms with E-state index < -0.39 is 5.95 Å². The second-order valence-corrected chi connectivity index (χ2v) is 3.91. The third kappa shape index (κ3) is 2.00. The van der Waals surface area contributed by atoms with Crippen molar-refractivity contribution in [3.63, 3.8) is 0 Å². The number of hydrogen-bond acceptors (Lipinski definition) is 2. The van der Waals surface area contributed by atoms with Gasteiger partial charge in [-0.15, -0.1) is 0 Å². The molecule has 0 saturated carbocycles. The first-order valence-electron chi connectivity index (χ1n) is 3.91. The van der Waals surface area contributed by atoms with Gasteiger partial charge in [0.1, 0.15) is 5.82 Å². The van der Waals surface area contributed by atoms with Gasteiger partial charge in [-0.1, -0.05) is 20.8 Å². The molecule has 3 heteroatoms. The fourth-order valence-corrected chi connectivity index (χ4v) is 0.866.